The summed E-state index contributed by atoms with van der Waals surface area (Å²) in [5.74, 6) is -0.839. The van der Waals surface area contributed by atoms with Gasteiger partial charge < -0.3 is 28.4 Å². The molecule has 5 atom stereocenters. The Balaban J connectivity index is 1.64. The van der Waals surface area contributed by atoms with Gasteiger partial charge in [-0.25, -0.2) is 0 Å². The van der Waals surface area contributed by atoms with Gasteiger partial charge in [-0.05, 0) is 33.6 Å². The molecule has 0 unspecified atom stereocenters. The van der Waals surface area contributed by atoms with Crippen LogP contribution in [0.15, 0.2) is 12.2 Å². The van der Waals surface area contributed by atoms with Crippen molar-refractivity contribution in [2.24, 2.45) is 5.92 Å². The minimum absolute atomic E-state index is 0.222. The first kappa shape index (κ1) is 18.3. The lowest BCUT2D eigenvalue weighted by atomic mass is 9.99. The molecule has 0 bridgehead atoms. The maximum absolute atomic E-state index is 6.08. The number of fused-ring (bicyclic) bond motifs is 3. The van der Waals surface area contributed by atoms with Crippen molar-refractivity contribution in [3.8, 4) is 0 Å². The zero-order valence-electron chi connectivity index (χ0n) is 15.5. The smallest absolute Gasteiger partial charge is 0.190 e. The molecule has 0 radical (unpaired) electrons. The summed E-state index contributed by atoms with van der Waals surface area (Å²) in [5.41, 5.74) is 0. The van der Waals surface area contributed by atoms with Crippen molar-refractivity contribution in [1.29, 1.82) is 0 Å². The highest BCUT2D eigenvalue weighted by Gasteiger charge is 2.60. The standard InChI is InChI=1S/C18H30O6/c1-11(2)8-7-9-19-10-12-13-14(22-17(3,4)21-13)15-16(20-12)24-18(5,6)23-15/h7-8,11-16H,9-10H2,1-6H3/b8-7+/t12-,13+,14+,15-,16-/m1/s1. The lowest BCUT2D eigenvalue weighted by molar-refractivity contribution is -0.242. The van der Waals surface area contributed by atoms with E-state index in [0.29, 0.717) is 19.1 Å². The third-order valence-corrected chi connectivity index (χ3v) is 4.27. The van der Waals surface area contributed by atoms with Gasteiger partial charge in [-0.3, -0.25) is 0 Å². The van der Waals surface area contributed by atoms with Gasteiger partial charge in [-0.2, -0.15) is 0 Å². The van der Waals surface area contributed by atoms with Gasteiger partial charge in [0.1, 0.15) is 24.4 Å². The molecular formula is C18H30O6. The summed E-state index contributed by atoms with van der Waals surface area (Å²) in [6.07, 6.45) is 2.70. The Labute approximate surface area is 144 Å². The molecule has 0 aromatic rings. The molecule has 6 nitrogen and oxygen atoms in total. The second kappa shape index (κ2) is 6.67. The van der Waals surface area contributed by atoms with E-state index >= 15 is 0 Å². The summed E-state index contributed by atoms with van der Waals surface area (Å²) in [5, 5.41) is 0. The van der Waals surface area contributed by atoms with Crippen molar-refractivity contribution in [1.82, 2.24) is 0 Å². The lowest BCUT2D eigenvalue weighted by Crippen LogP contribution is -2.56. The second-order valence-corrected chi connectivity index (χ2v) is 7.92. The minimum atomic E-state index is -0.689. The molecule has 0 aliphatic carbocycles. The van der Waals surface area contributed by atoms with E-state index < -0.39 is 17.9 Å². The molecule has 3 aliphatic heterocycles. The van der Waals surface area contributed by atoms with E-state index in [4.69, 9.17) is 28.4 Å². The minimum Gasteiger partial charge on any atom is -0.375 e. The van der Waals surface area contributed by atoms with E-state index in [-0.39, 0.29) is 24.4 Å². The Bertz CT molecular complexity index is 472. The van der Waals surface area contributed by atoms with E-state index in [1.54, 1.807) is 0 Å². The molecule has 3 rings (SSSR count). The van der Waals surface area contributed by atoms with Gasteiger partial charge in [0.15, 0.2) is 17.9 Å². The van der Waals surface area contributed by atoms with Crippen LogP contribution in [0.3, 0.4) is 0 Å². The maximum atomic E-state index is 6.08. The normalized spacial score (nSPS) is 40.2. The van der Waals surface area contributed by atoms with Gasteiger partial charge >= 0.3 is 0 Å². The summed E-state index contributed by atoms with van der Waals surface area (Å²) in [6, 6.07) is 0. The van der Waals surface area contributed by atoms with Gasteiger partial charge in [0, 0.05) is 0 Å². The first-order chi connectivity index (χ1) is 11.2. The molecule has 138 valence electrons. The summed E-state index contributed by atoms with van der Waals surface area (Å²) in [4.78, 5) is 0. The van der Waals surface area contributed by atoms with Crippen LogP contribution in [0, 0.1) is 5.92 Å². The van der Waals surface area contributed by atoms with Crippen LogP contribution in [-0.2, 0) is 28.4 Å². The Morgan fingerprint density at radius 3 is 2.25 bits per heavy atom. The topological polar surface area (TPSA) is 55.4 Å². The number of hydrogen-bond acceptors (Lipinski definition) is 6. The quantitative estimate of drug-likeness (QED) is 0.565. The van der Waals surface area contributed by atoms with Crippen LogP contribution in [0.2, 0.25) is 0 Å². The van der Waals surface area contributed by atoms with Crippen molar-refractivity contribution in [3.05, 3.63) is 12.2 Å². The molecule has 0 aromatic carbocycles. The summed E-state index contributed by atoms with van der Waals surface area (Å²) < 4.78 is 35.8. The molecule has 6 heteroatoms. The zero-order valence-corrected chi connectivity index (χ0v) is 15.5. The first-order valence-corrected chi connectivity index (χ1v) is 8.78. The Hall–Kier alpha value is -0.500. The van der Waals surface area contributed by atoms with Gasteiger partial charge in [0.05, 0.1) is 13.2 Å². The molecule has 0 amide bonds. The predicted octanol–water partition coefficient (Wildman–Crippen LogP) is 2.61. The fourth-order valence-electron chi connectivity index (χ4n) is 3.41. The van der Waals surface area contributed by atoms with Crippen LogP contribution in [0.1, 0.15) is 41.5 Å². The lowest BCUT2D eigenvalue weighted by Gasteiger charge is -2.37. The molecular weight excluding hydrogens is 312 g/mol. The molecule has 24 heavy (non-hydrogen) atoms. The van der Waals surface area contributed by atoms with Crippen LogP contribution >= 0.6 is 0 Å². The number of allylic oxidation sites excluding steroid dienone is 1. The van der Waals surface area contributed by atoms with Crippen LogP contribution < -0.4 is 0 Å². The van der Waals surface area contributed by atoms with Crippen molar-refractivity contribution < 1.29 is 28.4 Å². The average Bonchev–Trinajstić information content (AvgIpc) is 2.92. The number of hydrogen-bond donors (Lipinski definition) is 0. The molecule has 3 fully saturated rings. The largest absolute Gasteiger partial charge is 0.375 e. The summed E-state index contributed by atoms with van der Waals surface area (Å²) >= 11 is 0. The predicted molar refractivity (Wildman–Crippen MR) is 87.3 cm³/mol. The average molecular weight is 342 g/mol. The van der Waals surface area contributed by atoms with Crippen LogP contribution in [-0.4, -0.2) is 55.5 Å². The van der Waals surface area contributed by atoms with Gasteiger partial charge in [0.25, 0.3) is 0 Å². The molecule has 0 saturated carbocycles. The molecule has 3 heterocycles. The Morgan fingerprint density at radius 1 is 0.917 bits per heavy atom. The first-order valence-electron chi connectivity index (χ1n) is 8.78. The van der Waals surface area contributed by atoms with E-state index in [9.17, 15) is 0 Å². The van der Waals surface area contributed by atoms with Crippen LogP contribution in [0.25, 0.3) is 0 Å². The molecule has 0 aromatic heterocycles. The molecule has 3 aliphatic rings. The van der Waals surface area contributed by atoms with Crippen molar-refractivity contribution in [3.63, 3.8) is 0 Å². The van der Waals surface area contributed by atoms with Gasteiger partial charge in [0.2, 0.25) is 0 Å². The maximum Gasteiger partial charge on any atom is 0.190 e. The highest BCUT2D eigenvalue weighted by atomic mass is 16.9. The van der Waals surface area contributed by atoms with Crippen LogP contribution in [0.5, 0.6) is 0 Å². The number of rotatable bonds is 5. The fourth-order valence-corrected chi connectivity index (χ4v) is 3.41. The van der Waals surface area contributed by atoms with E-state index in [0.717, 1.165) is 0 Å². The van der Waals surface area contributed by atoms with Crippen LogP contribution in [0.4, 0.5) is 0 Å². The van der Waals surface area contributed by atoms with E-state index in [1.165, 1.54) is 0 Å². The molecule has 0 N–H and O–H groups in total. The van der Waals surface area contributed by atoms with E-state index in [1.807, 2.05) is 33.8 Å². The molecule has 0 spiro atoms. The molecule has 3 saturated heterocycles. The monoisotopic (exact) mass is 342 g/mol. The Kier molecular flexibility index (Phi) is 5.08. The third-order valence-electron chi connectivity index (χ3n) is 4.27. The van der Waals surface area contributed by atoms with Crippen molar-refractivity contribution in [2.75, 3.05) is 13.2 Å². The number of ether oxygens (including phenoxy) is 6. The van der Waals surface area contributed by atoms with Gasteiger partial charge in [-0.15, -0.1) is 0 Å². The van der Waals surface area contributed by atoms with Gasteiger partial charge in [-0.1, -0.05) is 26.0 Å². The van der Waals surface area contributed by atoms with Crippen molar-refractivity contribution >= 4 is 0 Å². The zero-order chi connectivity index (χ0) is 17.5. The third kappa shape index (κ3) is 4.00. The highest BCUT2D eigenvalue weighted by Crippen LogP contribution is 2.44. The second-order valence-electron chi connectivity index (χ2n) is 7.92. The fraction of sp³-hybridized carbons (Fsp3) is 0.889. The Morgan fingerprint density at radius 2 is 1.54 bits per heavy atom. The van der Waals surface area contributed by atoms with Crippen molar-refractivity contribution in [2.45, 2.75) is 83.8 Å². The highest BCUT2D eigenvalue weighted by molar-refractivity contribution is 5.00. The summed E-state index contributed by atoms with van der Waals surface area (Å²) in [7, 11) is 0. The summed E-state index contributed by atoms with van der Waals surface area (Å²) in [6.45, 7) is 12.8. The SMILES string of the molecule is CC(C)/C=C/COC[C@H]1O[C@@H]2OC(C)(C)O[C@@H]2[C@H]2OC(C)(C)O[C@H]21. The van der Waals surface area contributed by atoms with E-state index in [2.05, 4.69) is 19.9 Å².